The maximum absolute atomic E-state index is 13.7. The fourth-order valence-electron chi connectivity index (χ4n) is 7.95. The first-order chi connectivity index (χ1) is 25.4. The molecule has 2 aliphatic rings. The molecule has 52 heavy (non-hydrogen) atoms. The lowest BCUT2D eigenvalue weighted by Crippen LogP contribution is -2.42. The number of para-hydroxylation sites is 2. The van der Waals surface area contributed by atoms with Crippen LogP contribution in [-0.4, -0.2) is 83.9 Å². The van der Waals surface area contributed by atoms with Crippen LogP contribution in [-0.2, 0) is 30.9 Å². The number of likely N-dealkylation sites (tertiary alicyclic amines) is 2. The lowest BCUT2D eigenvalue weighted by Gasteiger charge is -2.36. The zero-order valence-corrected chi connectivity index (χ0v) is 30.3. The third-order valence-corrected chi connectivity index (χ3v) is 10.6. The fourth-order valence-corrected chi connectivity index (χ4v) is 7.95. The van der Waals surface area contributed by atoms with Crippen molar-refractivity contribution in [3.8, 4) is 17.2 Å². The average molecular weight is 708 g/mol. The van der Waals surface area contributed by atoms with Crippen LogP contribution in [0.3, 0.4) is 0 Å². The number of anilines is 1. The number of ether oxygens (including phenoxy) is 3. The van der Waals surface area contributed by atoms with Crippen molar-refractivity contribution in [2.24, 2.45) is 5.41 Å². The van der Waals surface area contributed by atoms with Gasteiger partial charge in [-0.3, -0.25) is 4.79 Å². The second kappa shape index (κ2) is 15.7. The van der Waals surface area contributed by atoms with Gasteiger partial charge < -0.3 is 43.4 Å². The van der Waals surface area contributed by atoms with Crippen LogP contribution in [0.5, 0.6) is 17.2 Å². The number of hydrogen-bond donors (Lipinski definition) is 2. The number of nitrogens with one attached hydrogen (secondary N) is 1. The highest BCUT2D eigenvalue weighted by molar-refractivity contribution is 5.80. The number of furan rings is 1. The molecular formula is C41H49N5O6. The Balaban J connectivity index is 1.01. The SMILES string of the molecule is COc1cc(CN2CC(CCN3CCC(Nc4nc5ccccc5n4Cc4ccc(CO)o4)CC3)(Cc3ccccc3)CC2=O)cc(OC)c1OC. The monoisotopic (exact) mass is 707 g/mol. The minimum Gasteiger partial charge on any atom is -0.493 e. The van der Waals surface area contributed by atoms with E-state index in [-0.39, 0.29) is 24.0 Å². The summed E-state index contributed by atoms with van der Waals surface area (Å²) in [6.45, 7) is 4.47. The maximum atomic E-state index is 13.7. The summed E-state index contributed by atoms with van der Waals surface area (Å²) in [7, 11) is 4.82. The third-order valence-electron chi connectivity index (χ3n) is 10.6. The third kappa shape index (κ3) is 7.75. The van der Waals surface area contributed by atoms with Gasteiger partial charge in [-0.15, -0.1) is 0 Å². The van der Waals surface area contributed by atoms with Gasteiger partial charge in [-0.05, 0) is 79.8 Å². The Morgan fingerprint density at radius 1 is 0.885 bits per heavy atom. The van der Waals surface area contributed by atoms with Gasteiger partial charge in [-0.25, -0.2) is 4.98 Å². The number of benzene rings is 3. The van der Waals surface area contributed by atoms with Crippen LogP contribution in [0.4, 0.5) is 5.95 Å². The van der Waals surface area contributed by atoms with Gasteiger partial charge in [-0.2, -0.15) is 0 Å². The standard InChI is InChI=1S/C41H49N5O6/c1-49-36-21-30(22-37(50-2)39(36)51-3)25-45-28-41(24-38(45)48,23-29-9-5-4-6-10-29)17-20-44-18-15-31(16-19-44)42-40-43-34-11-7-8-12-35(34)46(40)26-32-13-14-33(27-47)52-32/h4-14,21-22,31,47H,15-20,23-28H2,1-3H3,(H,42,43). The van der Waals surface area contributed by atoms with E-state index >= 15 is 0 Å². The molecule has 2 aromatic heterocycles. The fraction of sp³-hybridized carbons (Fsp3) is 0.415. The summed E-state index contributed by atoms with van der Waals surface area (Å²) in [5.41, 5.74) is 4.02. The van der Waals surface area contributed by atoms with E-state index in [0.717, 1.165) is 73.6 Å². The van der Waals surface area contributed by atoms with E-state index in [0.29, 0.717) is 49.1 Å². The molecule has 0 bridgehead atoms. The van der Waals surface area contributed by atoms with Crippen LogP contribution < -0.4 is 19.5 Å². The molecule has 2 fully saturated rings. The summed E-state index contributed by atoms with van der Waals surface area (Å²) >= 11 is 0. The lowest BCUT2D eigenvalue weighted by atomic mass is 9.77. The van der Waals surface area contributed by atoms with Crippen LogP contribution in [0.25, 0.3) is 11.0 Å². The van der Waals surface area contributed by atoms with Gasteiger partial charge in [0.1, 0.15) is 18.1 Å². The molecule has 5 aromatic rings. The predicted molar refractivity (Wildman–Crippen MR) is 200 cm³/mol. The average Bonchev–Trinajstić information content (AvgIpc) is 3.86. The van der Waals surface area contributed by atoms with Crippen molar-refractivity contribution in [1.82, 2.24) is 19.4 Å². The number of carbonyl (C=O) groups is 1. The van der Waals surface area contributed by atoms with Crippen LogP contribution in [0.1, 0.15) is 48.3 Å². The van der Waals surface area contributed by atoms with Crippen molar-refractivity contribution >= 4 is 22.9 Å². The largest absolute Gasteiger partial charge is 0.493 e. The number of rotatable bonds is 15. The van der Waals surface area contributed by atoms with E-state index in [2.05, 4.69) is 45.1 Å². The minimum atomic E-state index is -0.166. The molecule has 2 aliphatic heterocycles. The Kier molecular flexibility index (Phi) is 10.7. The van der Waals surface area contributed by atoms with Crippen LogP contribution in [0.2, 0.25) is 0 Å². The first-order valence-electron chi connectivity index (χ1n) is 18.1. The quantitative estimate of drug-likeness (QED) is 0.133. The van der Waals surface area contributed by atoms with Crippen LogP contribution >= 0.6 is 0 Å². The Labute approximate surface area is 305 Å². The second-order valence-corrected chi connectivity index (χ2v) is 14.2. The van der Waals surface area contributed by atoms with Gasteiger partial charge in [0.15, 0.2) is 11.5 Å². The highest BCUT2D eigenvalue weighted by Crippen LogP contribution is 2.42. The molecule has 11 nitrogen and oxygen atoms in total. The highest BCUT2D eigenvalue weighted by atomic mass is 16.5. The van der Waals surface area contributed by atoms with Gasteiger partial charge >= 0.3 is 0 Å². The molecule has 3 aromatic carbocycles. The number of amides is 1. The molecule has 2 N–H and O–H groups in total. The zero-order chi connectivity index (χ0) is 36.1. The van der Waals surface area contributed by atoms with E-state index in [1.165, 1.54) is 5.56 Å². The number of fused-ring (bicyclic) bond motifs is 1. The van der Waals surface area contributed by atoms with Crippen molar-refractivity contribution in [1.29, 1.82) is 0 Å². The number of nitrogens with zero attached hydrogens (tertiary/aromatic N) is 4. The number of carbonyl (C=O) groups excluding carboxylic acids is 1. The number of aromatic nitrogens is 2. The van der Waals surface area contributed by atoms with E-state index in [4.69, 9.17) is 23.6 Å². The number of aliphatic hydroxyl groups is 1. The molecule has 274 valence electrons. The Morgan fingerprint density at radius 2 is 1.60 bits per heavy atom. The molecule has 0 spiro atoms. The molecule has 0 radical (unpaired) electrons. The van der Waals surface area contributed by atoms with E-state index < -0.39 is 0 Å². The molecule has 1 atom stereocenters. The summed E-state index contributed by atoms with van der Waals surface area (Å²) < 4.78 is 24.7. The number of hydrogen-bond acceptors (Lipinski definition) is 9. The van der Waals surface area contributed by atoms with E-state index in [1.54, 1.807) is 21.3 Å². The first kappa shape index (κ1) is 35.4. The van der Waals surface area contributed by atoms with Gasteiger partial charge in [0, 0.05) is 44.1 Å². The Hall–Kier alpha value is -5.00. The predicted octanol–water partition coefficient (Wildman–Crippen LogP) is 6.12. The smallest absolute Gasteiger partial charge is 0.223 e. The molecule has 1 unspecified atom stereocenters. The van der Waals surface area contributed by atoms with E-state index in [1.807, 2.05) is 53.4 Å². The maximum Gasteiger partial charge on any atom is 0.223 e. The summed E-state index contributed by atoms with van der Waals surface area (Å²) in [5.74, 6) is 4.06. The summed E-state index contributed by atoms with van der Waals surface area (Å²) in [4.78, 5) is 23.2. The topological polar surface area (TPSA) is 114 Å². The van der Waals surface area contributed by atoms with E-state index in [9.17, 15) is 9.90 Å². The number of methoxy groups -OCH3 is 3. The molecule has 4 heterocycles. The highest BCUT2D eigenvalue weighted by Gasteiger charge is 2.43. The number of imidazole rings is 1. The van der Waals surface area contributed by atoms with Crippen molar-refractivity contribution in [3.63, 3.8) is 0 Å². The molecule has 0 aliphatic carbocycles. The van der Waals surface area contributed by atoms with Gasteiger partial charge in [-0.1, -0.05) is 42.5 Å². The molecule has 11 heteroatoms. The van der Waals surface area contributed by atoms with Crippen molar-refractivity contribution in [2.75, 3.05) is 52.8 Å². The van der Waals surface area contributed by atoms with Crippen molar-refractivity contribution in [3.05, 3.63) is 102 Å². The van der Waals surface area contributed by atoms with Crippen LogP contribution in [0, 0.1) is 5.41 Å². The molecule has 2 saturated heterocycles. The molecule has 7 rings (SSSR count). The van der Waals surface area contributed by atoms with Gasteiger partial charge in [0.2, 0.25) is 17.6 Å². The Bertz CT molecular complexity index is 1940. The van der Waals surface area contributed by atoms with Crippen LogP contribution in [0.15, 0.2) is 83.3 Å². The normalized spacial score (nSPS) is 18.3. The first-order valence-corrected chi connectivity index (χ1v) is 18.1. The van der Waals surface area contributed by atoms with Gasteiger partial charge in [0.25, 0.3) is 0 Å². The number of aliphatic hydroxyl groups excluding tert-OH is 1. The summed E-state index contributed by atoms with van der Waals surface area (Å²) in [6.07, 6.45) is 4.31. The van der Waals surface area contributed by atoms with Crippen molar-refractivity contribution < 1.29 is 28.5 Å². The van der Waals surface area contributed by atoms with Crippen molar-refractivity contribution in [2.45, 2.75) is 57.8 Å². The lowest BCUT2D eigenvalue weighted by molar-refractivity contribution is -0.128. The van der Waals surface area contributed by atoms with Gasteiger partial charge in [0.05, 0.1) is 38.9 Å². The number of piperidine rings is 1. The molecular weight excluding hydrogens is 658 g/mol. The summed E-state index contributed by atoms with van der Waals surface area (Å²) in [5, 5.41) is 13.2. The minimum absolute atomic E-state index is 0.120. The molecule has 0 saturated carbocycles. The summed E-state index contributed by atoms with van der Waals surface area (Å²) in [6, 6.07) is 26.6. The second-order valence-electron chi connectivity index (χ2n) is 14.2. The molecule has 1 amide bonds. The Morgan fingerprint density at radius 3 is 2.29 bits per heavy atom. The zero-order valence-electron chi connectivity index (χ0n) is 30.3.